The van der Waals surface area contributed by atoms with Crippen LogP contribution in [0, 0.1) is 5.92 Å². The molecule has 1 aliphatic heterocycles. The molecule has 0 radical (unpaired) electrons. The van der Waals surface area contributed by atoms with Crippen LogP contribution in [-0.4, -0.2) is 49.3 Å². The molecule has 0 aliphatic carbocycles. The van der Waals surface area contributed by atoms with Crippen molar-refractivity contribution in [1.29, 1.82) is 0 Å². The van der Waals surface area contributed by atoms with Gasteiger partial charge in [0.15, 0.2) is 9.84 Å². The summed E-state index contributed by atoms with van der Waals surface area (Å²) in [6.45, 7) is 4.69. The van der Waals surface area contributed by atoms with Crippen LogP contribution in [0.5, 0.6) is 0 Å². The largest absolute Gasteiger partial charge is 0.351 e. The van der Waals surface area contributed by atoms with Crippen molar-refractivity contribution in [1.82, 2.24) is 15.6 Å². The van der Waals surface area contributed by atoms with E-state index in [-0.39, 0.29) is 29.1 Å². The molecule has 1 aromatic rings. The summed E-state index contributed by atoms with van der Waals surface area (Å²) in [6.07, 6.45) is 2.68. The molecule has 0 saturated carbocycles. The topological polar surface area (TPSA) is 105 Å². The second-order valence-corrected chi connectivity index (χ2v) is 8.67. The molecule has 0 bridgehead atoms. The van der Waals surface area contributed by atoms with Gasteiger partial charge in [0.2, 0.25) is 0 Å². The van der Waals surface area contributed by atoms with E-state index in [1.807, 2.05) is 0 Å². The molecule has 1 saturated heterocycles. The smallest absolute Gasteiger partial charge is 0.269 e. The Kier molecular flexibility index (Phi) is 5.93. The number of pyridine rings is 1. The normalized spacial score (nSPS) is 19.2. The highest BCUT2D eigenvalue weighted by Crippen LogP contribution is 2.12. The van der Waals surface area contributed by atoms with Crippen LogP contribution in [0.4, 0.5) is 0 Å². The standard InChI is InChI=1S/C16H23N3O4S/c1-11(2)3-6-18-16(21)14-9-12(4-7-17-14)15(20)19-13-5-8-24(22,23)10-13/h4,7,9,11,13H,3,5-6,8,10H2,1-2H3,(H,18,21)(H,19,20). The Bertz CT molecular complexity index is 716. The Hall–Kier alpha value is -1.96. The van der Waals surface area contributed by atoms with Crippen LogP contribution in [0.25, 0.3) is 0 Å². The molecule has 8 heteroatoms. The third-order valence-electron chi connectivity index (χ3n) is 3.83. The number of nitrogens with one attached hydrogen (secondary N) is 2. The van der Waals surface area contributed by atoms with Crippen molar-refractivity contribution in [2.24, 2.45) is 5.92 Å². The van der Waals surface area contributed by atoms with E-state index >= 15 is 0 Å². The lowest BCUT2D eigenvalue weighted by Crippen LogP contribution is -2.35. The van der Waals surface area contributed by atoms with Gasteiger partial charge in [0.25, 0.3) is 11.8 Å². The summed E-state index contributed by atoms with van der Waals surface area (Å²) in [5.41, 5.74) is 0.466. The third kappa shape index (κ3) is 5.30. The molecular formula is C16H23N3O4S. The lowest BCUT2D eigenvalue weighted by atomic mass is 10.1. The van der Waals surface area contributed by atoms with Crippen LogP contribution in [0.2, 0.25) is 0 Å². The zero-order chi connectivity index (χ0) is 17.7. The minimum absolute atomic E-state index is 0.0353. The van der Waals surface area contributed by atoms with E-state index in [4.69, 9.17) is 0 Å². The number of hydrogen-bond donors (Lipinski definition) is 2. The van der Waals surface area contributed by atoms with Gasteiger partial charge in [-0.1, -0.05) is 13.8 Å². The zero-order valence-electron chi connectivity index (χ0n) is 13.9. The zero-order valence-corrected chi connectivity index (χ0v) is 14.7. The van der Waals surface area contributed by atoms with Crippen molar-refractivity contribution in [3.8, 4) is 0 Å². The monoisotopic (exact) mass is 353 g/mol. The first-order chi connectivity index (χ1) is 11.3. The van der Waals surface area contributed by atoms with Crippen LogP contribution in [0.15, 0.2) is 18.3 Å². The lowest BCUT2D eigenvalue weighted by Gasteiger charge is -2.11. The van der Waals surface area contributed by atoms with Gasteiger partial charge in [-0.05, 0) is 30.9 Å². The number of sulfone groups is 1. The van der Waals surface area contributed by atoms with Crippen LogP contribution in [0.1, 0.15) is 47.5 Å². The number of hydrogen-bond acceptors (Lipinski definition) is 5. The summed E-state index contributed by atoms with van der Waals surface area (Å²) in [6, 6.07) is 2.55. The first-order valence-electron chi connectivity index (χ1n) is 8.02. The molecule has 1 fully saturated rings. The lowest BCUT2D eigenvalue weighted by molar-refractivity contribution is 0.0941. The van der Waals surface area contributed by atoms with Gasteiger partial charge in [-0.15, -0.1) is 0 Å². The molecule has 0 aromatic carbocycles. The molecule has 24 heavy (non-hydrogen) atoms. The van der Waals surface area contributed by atoms with E-state index in [0.29, 0.717) is 24.4 Å². The summed E-state index contributed by atoms with van der Waals surface area (Å²) in [5.74, 6) is -0.174. The maximum Gasteiger partial charge on any atom is 0.269 e. The molecule has 7 nitrogen and oxygen atoms in total. The maximum absolute atomic E-state index is 12.2. The molecular weight excluding hydrogens is 330 g/mol. The van der Waals surface area contributed by atoms with Gasteiger partial charge in [0.1, 0.15) is 5.69 Å². The second-order valence-electron chi connectivity index (χ2n) is 6.44. The van der Waals surface area contributed by atoms with Gasteiger partial charge in [0, 0.05) is 24.3 Å². The average molecular weight is 353 g/mol. The number of carbonyl (C=O) groups excluding carboxylic acids is 2. The van der Waals surface area contributed by atoms with Gasteiger partial charge in [-0.25, -0.2) is 8.42 Å². The number of amides is 2. The number of rotatable bonds is 6. The van der Waals surface area contributed by atoms with E-state index in [1.54, 1.807) is 0 Å². The van der Waals surface area contributed by atoms with Crippen molar-refractivity contribution in [2.75, 3.05) is 18.1 Å². The molecule has 0 spiro atoms. The first-order valence-corrected chi connectivity index (χ1v) is 9.84. The Morgan fingerprint density at radius 3 is 2.71 bits per heavy atom. The fourth-order valence-corrected chi connectivity index (χ4v) is 4.11. The number of carbonyl (C=O) groups is 2. The Morgan fingerprint density at radius 2 is 2.08 bits per heavy atom. The van der Waals surface area contributed by atoms with Gasteiger partial charge in [-0.3, -0.25) is 14.6 Å². The fraction of sp³-hybridized carbons (Fsp3) is 0.562. The molecule has 1 unspecified atom stereocenters. The third-order valence-corrected chi connectivity index (χ3v) is 5.60. The Balaban J connectivity index is 1.96. The van der Waals surface area contributed by atoms with Crippen LogP contribution in [0.3, 0.4) is 0 Å². The predicted molar refractivity (Wildman–Crippen MR) is 90.6 cm³/mol. The molecule has 132 valence electrons. The van der Waals surface area contributed by atoms with Crippen molar-refractivity contribution in [3.05, 3.63) is 29.6 Å². The van der Waals surface area contributed by atoms with Crippen molar-refractivity contribution >= 4 is 21.7 Å². The number of aromatic nitrogens is 1. The quantitative estimate of drug-likeness (QED) is 0.786. The van der Waals surface area contributed by atoms with E-state index in [9.17, 15) is 18.0 Å². The highest BCUT2D eigenvalue weighted by molar-refractivity contribution is 7.91. The highest BCUT2D eigenvalue weighted by atomic mass is 32.2. The highest BCUT2D eigenvalue weighted by Gasteiger charge is 2.29. The van der Waals surface area contributed by atoms with E-state index < -0.39 is 15.7 Å². The molecule has 2 heterocycles. The predicted octanol–water partition coefficient (Wildman–Crippen LogP) is 0.774. The van der Waals surface area contributed by atoms with E-state index in [1.165, 1.54) is 18.3 Å². The van der Waals surface area contributed by atoms with Crippen molar-refractivity contribution < 1.29 is 18.0 Å². The number of nitrogens with zero attached hydrogens (tertiary/aromatic N) is 1. The molecule has 2 N–H and O–H groups in total. The second kappa shape index (κ2) is 7.74. The summed E-state index contributed by atoms with van der Waals surface area (Å²) in [5, 5.41) is 5.47. The van der Waals surface area contributed by atoms with E-state index in [0.717, 1.165) is 6.42 Å². The van der Waals surface area contributed by atoms with Crippen LogP contribution in [-0.2, 0) is 9.84 Å². The minimum Gasteiger partial charge on any atom is -0.351 e. The molecule has 1 aliphatic rings. The fourth-order valence-electron chi connectivity index (χ4n) is 2.44. The maximum atomic E-state index is 12.2. The summed E-state index contributed by atoms with van der Waals surface area (Å²) >= 11 is 0. The van der Waals surface area contributed by atoms with Gasteiger partial charge < -0.3 is 10.6 Å². The van der Waals surface area contributed by atoms with E-state index in [2.05, 4.69) is 29.5 Å². The molecule has 1 atom stereocenters. The SMILES string of the molecule is CC(C)CCNC(=O)c1cc(C(=O)NC2CCS(=O)(=O)C2)ccn1. The van der Waals surface area contributed by atoms with Gasteiger partial charge in [-0.2, -0.15) is 0 Å². The average Bonchev–Trinajstić information content (AvgIpc) is 2.85. The molecule has 1 aromatic heterocycles. The molecule has 2 amide bonds. The van der Waals surface area contributed by atoms with Crippen LogP contribution >= 0.6 is 0 Å². The minimum atomic E-state index is -3.05. The van der Waals surface area contributed by atoms with Gasteiger partial charge in [0.05, 0.1) is 11.5 Å². The summed E-state index contributed by atoms with van der Waals surface area (Å²) in [7, 11) is -3.05. The van der Waals surface area contributed by atoms with Crippen molar-refractivity contribution in [2.45, 2.75) is 32.7 Å². The Labute approximate surface area is 142 Å². The Morgan fingerprint density at radius 1 is 1.33 bits per heavy atom. The summed E-state index contributed by atoms with van der Waals surface area (Å²) < 4.78 is 22.9. The first kappa shape index (κ1) is 18.4. The van der Waals surface area contributed by atoms with Crippen molar-refractivity contribution in [3.63, 3.8) is 0 Å². The summed E-state index contributed by atoms with van der Waals surface area (Å²) in [4.78, 5) is 28.3. The van der Waals surface area contributed by atoms with Gasteiger partial charge >= 0.3 is 0 Å². The molecule has 2 rings (SSSR count). The van der Waals surface area contributed by atoms with Crippen LogP contribution < -0.4 is 10.6 Å².